The summed E-state index contributed by atoms with van der Waals surface area (Å²) in [6.45, 7) is 2.15. The lowest BCUT2D eigenvalue weighted by atomic mass is 10.2. The Morgan fingerprint density at radius 1 is 1.22 bits per heavy atom. The summed E-state index contributed by atoms with van der Waals surface area (Å²) in [6, 6.07) is 13.5. The minimum atomic E-state index is -3.38. The third-order valence-electron chi connectivity index (χ3n) is 3.41. The summed E-state index contributed by atoms with van der Waals surface area (Å²) in [4.78, 5) is 0. The number of benzene rings is 2. The molecule has 3 aromatic rings. The van der Waals surface area contributed by atoms with Crippen molar-refractivity contribution in [2.45, 2.75) is 13.5 Å². The molecule has 0 amide bonds. The highest BCUT2D eigenvalue weighted by atomic mass is 79.9. The Morgan fingerprint density at radius 2 is 1.96 bits per heavy atom. The normalized spacial score (nSPS) is 11.7. The van der Waals surface area contributed by atoms with Crippen molar-refractivity contribution in [2.75, 3.05) is 10.5 Å². The van der Waals surface area contributed by atoms with Crippen molar-refractivity contribution < 1.29 is 8.42 Å². The van der Waals surface area contributed by atoms with Crippen molar-refractivity contribution in [2.24, 2.45) is 0 Å². The van der Waals surface area contributed by atoms with Gasteiger partial charge in [0.1, 0.15) is 5.52 Å². The van der Waals surface area contributed by atoms with E-state index in [1.165, 1.54) is 0 Å². The van der Waals surface area contributed by atoms with Crippen LogP contribution in [0.25, 0.3) is 11.0 Å². The quantitative estimate of drug-likeness (QED) is 0.721. The van der Waals surface area contributed by atoms with Crippen molar-refractivity contribution >= 4 is 42.7 Å². The van der Waals surface area contributed by atoms with Crippen LogP contribution < -0.4 is 4.72 Å². The maximum absolute atomic E-state index is 11.8. The van der Waals surface area contributed by atoms with Crippen LogP contribution in [0.5, 0.6) is 0 Å². The van der Waals surface area contributed by atoms with Crippen molar-refractivity contribution in [3.8, 4) is 0 Å². The Kier molecular flexibility index (Phi) is 4.36. The number of nitrogens with one attached hydrogen (secondary N) is 1. The Labute approximate surface area is 142 Å². The number of hydrogen-bond donors (Lipinski definition) is 1. The van der Waals surface area contributed by atoms with Crippen LogP contribution in [0.3, 0.4) is 0 Å². The molecule has 23 heavy (non-hydrogen) atoms. The van der Waals surface area contributed by atoms with Gasteiger partial charge in [0.2, 0.25) is 10.0 Å². The first-order valence-electron chi connectivity index (χ1n) is 7.05. The highest BCUT2D eigenvalue weighted by Crippen LogP contribution is 2.27. The first-order chi connectivity index (χ1) is 11.0. The number of nitrogens with zero attached hydrogens (tertiary/aromatic N) is 3. The average molecular weight is 395 g/mol. The van der Waals surface area contributed by atoms with Crippen LogP contribution in [0.2, 0.25) is 0 Å². The first-order valence-corrected chi connectivity index (χ1v) is 9.50. The zero-order valence-electron chi connectivity index (χ0n) is 12.4. The van der Waals surface area contributed by atoms with E-state index in [9.17, 15) is 8.42 Å². The van der Waals surface area contributed by atoms with Gasteiger partial charge in [-0.1, -0.05) is 51.5 Å². The lowest BCUT2D eigenvalue weighted by Crippen LogP contribution is -2.14. The Bertz CT molecular complexity index is 939. The molecule has 0 saturated carbocycles. The van der Waals surface area contributed by atoms with E-state index in [-0.39, 0.29) is 5.75 Å². The molecule has 2 aromatic carbocycles. The van der Waals surface area contributed by atoms with Gasteiger partial charge < -0.3 is 0 Å². The number of anilines is 1. The van der Waals surface area contributed by atoms with Gasteiger partial charge in [-0.15, -0.1) is 5.10 Å². The molecular weight excluding hydrogens is 380 g/mol. The minimum absolute atomic E-state index is 0.000834. The molecular formula is C15H15BrN4O2S. The average Bonchev–Trinajstić information content (AvgIpc) is 2.91. The van der Waals surface area contributed by atoms with Gasteiger partial charge in [0.05, 0.1) is 23.5 Å². The van der Waals surface area contributed by atoms with Gasteiger partial charge in [-0.2, -0.15) is 0 Å². The largest absolute Gasteiger partial charge is 0.281 e. The Balaban J connectivity index is 2.05. The van der Waals surface area contributed by atoms with Gasteiger partial charge in [0.25, 0.3) is 0 Å². The predicted molar refractivity (Wildman–Crippen MR) is 93.9 cm³/mol. The topological polar surface area (TPSA) is 76.9 Å². The number of fused-ring (bicyclic) bond motifs is 1. The molecule has 120 valence electrons. The van der Waals surface area contributed by atoms with Gasteiger partial charge in [-0.3, -0.25) is 4.72 Å². The van der Waals surface area contributed by atoms with Crippen LogP contribution in [0, 0.1) is 0 Å². The Hall–Kier alpha value is -1.93. The third-order valence-corrected chi connectivity index (χ3v) is 5.15. The van der Waals surface area contributed by atoms with Gasteiger partial charge in [-0.25, -0.2) is 13.1 Å². The van der Waals surface area contributed by atoms with Gasteiger partial charge >= 0.3 is 0 Å². The fourth-order valence-electron chi connectivity index (χ4n) is 2.22. The van der Waals surface area contributed by atoms with Crippen LogP contribution in [-0.4, -0.2) is 29.2 Å². The van der Waals surface area contributed by atoms with Crippen LogP contribution >= 0.6 is 15.9 Å². The fraction of sp³-hybridized carbons (Fsp3) is 0.200. The Morgan fingerprint density at radius 3 is 2.65 bits per heavy atom. The molecule has 0 aliphatic heterocycles. The second kappa shape index (κ2) is 6.29. The SMILES string of the molecule is CCS(=O)(=O)Nc1cc(Br)cc2c1nnn2Cc1ccccc1. The number of sulfonamides is 1. The van der Waals surface area contributed by atoms with Crippen LogP contribution in [-0.2, 0) is 16.6 Å². The van der Waals surface area contributed by atoms with E-state index in [0.717, 1.165) is 15.6 Å². The molecule has 1 aromatic heterocycles. The zero-order valence-corrected chi connectivity index (χ0v) is 14.8. The zero-order chi connectivity index (χ0) is 16.4. The molecule has 0 radical (unpaired) electrons. The highest BCUT2D eigenvalue weighted by molar-refractivity contribution is 9.10. The lowest BCUT2D eigenvalue weighted by molar-refractivity contribution is 0.602. The van der Waals surface area contributed by atoms with E-state index in [4.69, 9.17) is 0 Å². The van der Waals surface area contributed by atoms with Gasteiger partial charge in [0, 0.05) is 4.47 Å². The standard InChI is InChI=1S/C15H15BrN4O2S/c1-2-23(21,22)18-13-8-12(16)9-14-15(13)17-19-20(14)10-11-6-4-3-5-7-11/h3-9,18H,2,10H2,1H3. The van der Waals surface area contributed by atoms with Crippen LogP contribution in [0.15, 0.2) is 46.9 Å². The summed E-state index contributed by atoms with van der Waals surface area (Å²) in [6.07, 6.45) is 0. The molecule has 1 heterocycles. The molecule has 0 bridgehead atoms. The summed E-state index contributed by atoms with van der Waals surface area (Å²) in [7, 11) is -3.38. The van der Waals surface area contributed by atoms with E-state index in [2.05, 4.69) is 31.0 Å². The van der Waals surface area contributed by atoms with Crippen molar-refractivity contribution in [1.29, 1.82) is 0 Å². The molecule has 0 fully saturated rings. The summed E-state index contributed by atoms with van der Waals surface area (Å²) in [5, 5.41) is 8.30. The number of hydrogen-bond acceptors (Lipinski definition) is 4. The fourth-order valence-corrected chi connectivity index (χ4v) is 3.30. The molecule has 0 saturated heterocycles. The molecule has 1 N–H and O–H groups in total. The monoisotopic (exact) mass is 394 g/mol. The maximum Gasteiger partial charge on any atom is 0.232 e. The molecule has 0 aliphatic rings. The predicted octanol–water partition coefficient (Wildman–Crippen LogP) is 3.00. The third kappa shape index (κ3) is 3.53. The molecule has 0 unspecified atom stereocenters. The lowest BCUT2D eigenvalue weighted by Gasteiger charge is -2.08. The molecule has 0 atom stereocenters. The smallest absolute Gasteiger partial charge is 0.232 e. The van der Waals surface area contributed by atoms with Crippen LogP contribution in [0.4, 0.5) is 5.69 Å². The van der Waals surface area contributed by atoms with Crippen molar-refractivity contribution in [1.82, 2.24) is 15.0 Å². The van der Waals surface area contributed by atoms with Crippen molar-refractivity contribution in [3.63, 3.8) is 0 Å². The summed E-state index contributed by atoms with van der Waals surface area (Å²) in [5.74, 6) is -0.000834. The number of aromatic nitrogens is 3. The van der Waals surface area contributed by atoms with E-state index in [0.29, 0.717) is 17.7 Å². The summed E-state index contributed by atoms with van der Waals surface area (Å²) >= 11 is 3.41. The maximum atomic E-state index is 11.8. The highest BCUT2D eigenvalue weighted by Gasteiger charge is 2.15. The first kappa shape index (κ1) is 15.9. The molecule has 0 spiro atoms. The summed E-state index contributed by atoms with van der Waals surface area (Å²) in [5.41, 5.74) is 2.81. The van der Waals surface area contributed by atoms with Crippen molar-refractivity contribution in [3.05, 3.63) is 52.5 Å². The van der Waals surface area contributed by atoms with E-state index < -0.39 is 10.0 Å². The summed E-state index contributed by atoms with van der Waals surface area (Å²) < 4.78 is 28.7. The molecule has 3 rings (SSSR count). The van der Waals surface area contributed by atoms with E-state index >= 15 is 0 Å². The second-order valence-corrected chi connectivity index (χ2v) is 7.99. The molecule has 6 nitrogen and oxygen atoms in total. The van der Waals surface area contributed by atoms with E-state index in [1.807, 2.05) is 36.4 Å². The molecule has 0 aliphatic carbocycles. The molecule has 8 heteroatoms. The van der Waals surface area contributed by atoms with Gasteiger partial charge in [-0.05, 0) is 24.6 Å². The van der Waals surface area contributed by atoms with E-state index in [1.54, 1.807) is 17.7 Å². The van der Waals surface area contributed by atoms with Crippen LogP contribution in [0.1, 0.15) is 12.5 Å². The number of halogens is 1. The number of rotatable bonds is 5. The second-order valence-electron chi connectivity index (χ2n) is 5.06. The minimum Gasteiger partial charge on any atom is -0.281 e. The van der Waals surface area contributed by atoms with Gasteiger partial charge in [0.15, 0.2) is 0 Å².